The minimum atomic E-state index is -0.889. The van der Waals surface area contributed by atoms with Gasteiger partial charge in [-0.3, -0.25) is 0 Å². The highest BCUT2D eigenvalue weighted by Crippen LogP contribution is 2.31. The Morgan fingerprint density at radius 1 is 1.42 bits per heavy atom. The number of rotatable bonds is 4. The summed E-state index contributed by atoms with van der Waals surface area (Å²) < 4.78 is 7.35. The Bertz CT molecular complexity index is 626. The molecular weight excluding hydrogens is 242 g/mol. The summed E-state index contributed by atoms with van der Waals surface area (Å²) in [5.41, 5.74) is 2.09. The van der Waals surface area contributed by atoms with Crippen molar-refractivity contribution in [2.75, 3.05) is 6.61 Å². The zero-order valence-corrected chi connectivity index (χ0v) is 11.7. The summed E-state index contributed by atoms with van der Waals surface area (Å²) in [5.74, 6) is -0.115. The number of hydrogen-bond donors (Lipinski definition) is 1. The summed E-state index contributed by atoms with van der Waals surface area (Å²) in [6, 6.07) is 5.83. The van der Waals surface area contributed by atoms with Crippen LogP contribution in [0.3, 0.4) is 0 Å². The number of ether oxygens (including phenoxy) is 1. The SMILES string of the molecule is CCOc1ccc2c(c1)c(C)c(C(=O)O)n2C(C)C. The molecule has 1 aromatic heterocycles. The molecule has 1 N–H and O–H groups in total. The van der Waals surface area contributed by atoms with Crippen LogP contribution in [0, 0.1) is 6.92 Å². The minimum Gasteiger partial charge on any atom is -0.494 e. The monoisotopic (exact) mass is 261 g/mol. The first-order valence-corrected chi connectivity index (χ1v) is 6.48. The molecular formula is C15H19NO3. The molecule has 0 bridgehead atoms. The van der Waals surface area contributed by atoms with Crippen molar-refractivity contribution in [3.05, 3.63) is 29.5 Å². The summed E-state index contributed by atoms with van der Waals surface area (Å²) in [6.45, 7) is 8.35. The van der Waals surface area contributed by atoms with Crippen molar-refractivity contribution in [1.82, 2.24) is 4.57 Å². The molecule has 0 aliphatic heterocycles. The van der Waals surface area contributed by atoms with Gasteiger partial charge in [-0.2, -0.15) is 0 Å². The fraction of sp³-hybridized carbons (Fsp3) is 0.400. The molecule has 1 aromatic carbocycles. The zero-order valence-electron chi connectivity index (χ0n) is 11.7. The number of benzene rings is 1. The van der Waals surface area contributed by atoms with Gasteiger partial charge in [-0.05, 0) is 51.5 Å². The van der Waals surface area contributed by atoms with Crippen LogP contribution < -0.4 is 4.74 Å². The van der Waals surface area contributed by atoms with E-state index in [0.29, 0.717) is 12.3 Å². The maximum Gasteiger partial charge on any atom is 0.352 e. The Hall–Kier alpha value is -1.97. The third kappa shape index (κ3) is 2.18. The minimum absolute atomic E-state index is 0.0974. The molecule has 0 saturated heterocycles. The maximum atomic E-state index is 11.5. The summed E-state index contributed by atoms with van der Waals surface area (Å²) in [6.07, 6.45) is 0. The summed E-state index contributed by atoms with van der Waals surface area (Å²) in [4.78, 5) is 11.5. The first kappa shape index (κ1) is 13.5. The molecule has 4 heteroatoms. The van der Waals surface area contributed by atoms with Crippen LogP contribution in [-0.2, 0) is 0 Å². The van der Waals surface area contributed by atoms with Crippen LogP contribution in [0.25, 0.3) is 10.9 Å². The normalized spacial score (nSPS) is 11.2. The van der Waals surface area contributed by atoms with Crippen molar-refractivity contribution < 1.29 is 14.6 Å². The van der Waals surface area contributed by atoms with E-state index in [0.717, 1.165) is 22.2 Å². The second kappa shape index (κ2) is 4.96. The van der Waals surface area contributed by atoms with Gasteiger partial charge in [0.15, 0.2) is 0 Å². The standard InChI is InChI=1S/C15H19NO3/c1-5-19-11-6-7-13-12(8-11)10(4)14(15(17)18)16(13)9(2)3/h6-9H,5H2,1-4H3,(H,17,18). The van der Waals surface area contributed by atoms with Gasteiger partial charge in [-0.1, -0.05) is 0 Å². The van der Waals surface area contributed by atoms with Crippen LogP contribution in [0.1, 0.15) is 42.9 Å². The number of aromatic nitrogens is 1. The van der Waals surface area contributed by atoms with Gasteiger partial charge in [0.05, 0.1) is 6.61 Å². The van der Waals surface area contributed by atoms with Gasteiger partial charge < -0.3 is 14.4 Å². The Balaban J connectivity index is 2.77. The lowest BCUT2D eigenvalue weighted by molar-refractivity contribution is 0.0683. The lowest BCUT2D eigenvalue weighted by atomic mass is 10.1. The predicted octanol–water partition coefficient (Wildman–Crippen LogP) is 3.63. The van der Waals surface area contributed by atoms with Crippen LogP contribution in [0.5, 0.6) is 5.75 Å². The molecule has 2 rings (SSSR count). The lowest BCUT2D eigenvalue weighted by Gasteiger charge is -2.12. The Morgan fingerprint density at radius 2 is 2.11 bits per heavy atom. The topological polar surface area (TPSA) is 51.5 Å². The first-order chi connectivity index (χ1) is 8.97. The van der Waals surface area contributed by atoms with Crippen molar-refractivity contribution in [3.8, 4) is 5.75 Å². The fourth-order valence-corrected chi connectivity index (χ4v) is 2.51. The van der Waals surface area contributed by atoms with Crippen LogP contribution in [0.4, 0.5) is 0 Å². The van der Waals surface area contributed by atoms with Crippen LogP contribution in [0.15, 0.2) is 18.2 Å². The molecule has 102 valence electrons. The number of nitrogens with zero attached hydrogens (tertiary/aromatic N) is 1. The van der Waals surface area contributed by atoms with Gasteiger partial charge in [0.2, 0.25) is 0 Å². The van der Waals surface area contributed by atoms with Crippen molar-refractivity contribution in [2.45, 2.75) is 33.7 Å². The molecule has 2 aromatic rings. The quantitative estimate of drug-likeness (QED) is 0.914. The zero-order chi connectivity index (χ0) is 14.2. The van der Waals surface area contributed by atoms with E-state index >= 15 is 0 Å². The Morgan fingerprint density at radius 3 is 2.63 bits per heavy atom. The van der Waals surface area contributed by atoms with E-state index in [1.54, 1.807) is 0 Å². The molecule has 0 aliphatic rings. The van der Waals surface area contributed by atoms with Gasteiger partial charge in [0.1, 0.15) is 11.4 Å². The average Bonchev–Trinajstić information content (AvgIpc) is 2.63. The molecule has 0 saturated carbocycles. The first-order valence-electron chi connectivity index (χ1n) is 6.48. The second-order valence-electron chi connectivity index (χ2n) is 4.85. The van der Waals surface area contributed by atoms with Gasteiger partial charge in [0, 0.05) is 16.9 Å². The largest absolute Gasteiger partial charge is 0.494 e. The number of carboxylic acids is 1. The molecule has 0 spiro atoms. The van der Waals surface area contributed by atoms with E-state index in [-0.39, 0.29) is 6.04 Å². The van der Waals surface area contributed by atoms with Crippen LogP contribution in [0.2, 0.25) is 0 Å². The number of aryl methyl sites for hydroxylation is 1. The number of carboxylic acid groups (broad SMARTS) is 1. The third-order valence-corrected chi connectivity index (χ3v) is 3.26. The van der Waals surface area contributed by atoms with Crippen molar-refractivity contribution in [2.24, 2.45) is 0 Å². The van der Waals surface area contributed by atoms with Gasteiger partial charge >= 0.3 is 5.97 Å². The average molecular weight is 261 g/mol. The molecule has 0 amide bonds. The van der Waals surface area contributed by atoms with Crippen molar-refractivity contribution in [3.63, 3.8) is 0 Å². The Labute approximate surface area is 112 Å². The molecule has 0 unspecified atom stereocenters. The van der Waals surface area contributed by atoms with E-state index in [1.165, 1.54) is 0 Å². The van der Waals surface area contributed by atoms with Crippen LogP contribution in [-0.4, -0.2) is 22.2 Å². The second-order valence-corrected chi connectivity index (χ2v) is 4.85. The highest BCUT2D eigenvalue weighted by atomic mass is 16.5. The smallest absolute Gasteiger partial charge is 0.352 e. The maximum absolute atomic E-state index is 11.5. The van der Waals surface area contributed by atoms with Crippen LogP contribution >= 0.6 is 0 Å². The molecule has 19 heavy (non-hydrogen) atoms. The number of fused-ring (bicyclic) bond motifs is 1. The number of carbonyl (C=O) groups is 1. The molecule has 0 fully saturated rings. The van der Waals surface area contributed by atoms with E-state index in [9.17, 15) is 9.90 Å². The molecule has 0 aliphatic carbocycles. The Kier molecular flexibility index (Phi) is 3.51. The van der Waals surface area contributed by atoms with E-state index in [1.807, 2.05) is 50.5 Å². The fourth-order valence-electron chi connectivity index (χ4n) is 2.51. The molecule has 0 atom stereocenters. The highest BCUT2D eigenvalue weighted by Gasteiger charge is 2.21. The van der Waals surface area contributed by atoms with Gasteiger partial charge in [0.25, 0.3) is 0 Å². The highest BCUT2D eigenvalue weighted by molar-refractivity contribution is 5.98. The van der Waals surface area contributed by atoms with E-state index in [4.69, 9.17) is 4.74 Å². The summed E-state index contributed by atoms with van der Waals surface area (Å²) in [5, 5.41) is 10.4. The molecule has 0 radical (unpaired) electrons. The van der Waals surface area contributed by atoms with Gasteiger partial charge in [-0.25, -0.2) is 4.79 Å². The van der Waals surface area contributed by atoms with Gasteiger partial charge in [-0.15, -0.1) is 0 Å². The van der Waals surface area contributed by atoms with E-state index in [2.05, 4.69) is 0 Å². The summed E-state index contributed by atoms with van der Waals surface area (Å²) in [7, 11) is 0. The summed E-state index contributed by atoms with van der Waals surface area (Å²) >= 11 is 0. The van der Waals surface area contributed by atoms with E-state index < -0.39 is 5.97 Å². The van der Waals surface area contributed by atoms with Crippen molar-refractivity contribution in [1.29, 1.82) is 0 Å². The molecule has 4 nitrogen and oxygen atoms in total. The van der Waals surface area contributed by atoms with Crippen molar-refractivity contribution >= 4 is 16.9 Å². The number of aromatic carboxylic acids is 1. The third-order valence-electron chi connectivity index (χ3n) is 3.26. The molecule has 1 heterocycles. The predicted molar refractivity (Wildman–Crippen MR) is 75.2 cm³/mol. The lowest BCUT2D eigenvalue weighted by Crippen LogP contribution is -2.11. The number of hydrogen-bond acceptors (Lipinski definition) is 2.